The Bertz CT molecular complexity index is 735. The van der Waals surface area contributed by atoms with Gasteiger partial charge in [0.25, 0.3) is 0 Å². The zero-order chi connectivity index (χ0) is 16.9. The second-order valence-electron chi connectivity index (χ2n) is 5.03. The highest BCUT2D eigenvalue weighted by atomic mass is 35.5. The minimum absolute atomic E-state index is 0.0425. The summed E-state index contributed by atoms with van der Waals surface area (Å²) in [7, 11) is -3.74. The minimum Gasteiger partial charge on any atom is -0.396 e. The second-order valence-corrected chi connectivity index (χ2v) is 7.98. The number of hydrogen-bond acceptors (Lipinski definition) is 4. The molecule has 0 aliphatic rings. The lowest BCUT2D eigenvalue weighted by Crippen LogP contribution is -2.26. The molecule has 126 valence electrons. The summed E-state index contributed by atoms with van der Waals surface area (Å²) in [5, 5.41) is 12.9. The van der Waals surface area contributed by atoms with Crippen molar-refractivity contribution in [1.82, 2.24) is 4.72 Å². The SMILES string of the molecule is O=S(=O)(NCCC(CCO)c1ccsc1)c1ccc(F)c(Cl)c1. The summed E-state index contributed by atoms with van der Waals surface area (Å²) in [6.45, 7) is 0.263. The summed E-state index contributed by atoms with van der Waals surface area (Å²) in [6.07, 6.45) is 1.13. The van der Waals surface area contributed by atoms with Crippen LogP contribution in [0.25, 0.3) is 0 Å². The zero-order valence-corrected chi connectivity index (χ0v) is 14.6. The Labute approximate surface area is 144 Å². The van der Waals surface area contributed by atoms with Crippen LogP contribution in [0.4, 0.5) is 4.39 Å². The number of aliphatic hydroxyl groups excluding tert-OH is 1. The number of thiophene rings is 1. The van der Waals surface area contributed by atoms with Crippen LogP contribution < -0.4 is 4.72 Å². The maximum Gasteiger partial charge on any atom is 0.240 e. The van der Waals surface area contributed by atoms with Gasteiger partial charge in [0.05, 0.1) is 9.92 Å². The van der Waals surface area contributed by atoms with E-state index in [4.69, 9.17) is 16.7 Å². The van der Waals surface area contributed by atoms with Crippen LogP contribution in [0.1, 0.15) is 24.3 Å². The van der Waals surface area contributed by atoms with Crippen molar-refractivity contribution < 1.29 is 17.9 Å². The minimum atomic E-state index is -3.74. The number of nitrogens with one attached hydrogen (secondary N) is 1. The highest BCUT2D eigenvalue weighted by Crippen LogP contribution is 2.25. The Morgan fingerprint density at radius 2 is 2.09 bits per heavy atom. The molecule has 0 radical (unpaired) electrons. The highest BCUT2D eigenvalue weighted by Gasteiger charge is 2.17. The summed E-state index contributed by atoms with van der Waals surface area (Å²) in [5.74, 6) is -0.572. The average Bonchev–Trinajstić information content (AvgIpc) is 3.03. The number of halogens is 2. The van der Waals surface area contributed by atoms with Gasteiger partial charge in [-0.2, -0.15) is 11.3 Å². The maximum atomic E-state index is 13.1. The van der Waals surface area contributed by atoms with E-state index >= 15 is 0 Å². The number of aliphatic hydroxyl groups is 1. The summed E-state index contributed by atoms with van der Waals surface area (Å²) in [5.41, 5.74) is 1.09. The molecule has 1 unspecified atom stereocenters. The van der Waals surface area contributed by atoms with Crippen LogP contribution in [0.15, 0.2) is 39.9 Å². The van der Waals surface area contributed by atoms with Crippen LogP contribution in [0, 0.1) is 5.82 Å². The van der Waals surface area contributed by atoms with Gasteiger partial charge in [-0.15, -0.1) is 0 Å². The van der Waals surface area contributed by atoms with E-state index in [1.165, 1.54) is 6.07 Å². The maximum absolute atomic E-state index is 13.1. The average molecular weight is 378 g/mol. The van der Waals surface area contributed by atoms with Crippen molar-refractivity contribution in [2.45, 2.75) is 23.7 Å². The van der Waals surface area contributed by atoms with Gasteiger partial charge >= 0.3 is 0 Å². The van der Waals surface area contributed by atoms with Gasteiger partial charge in [-0.05, 0) is 59.3 Å². The molecule has 1 aromatic carbocycles. The fraction of sp³-hybridized carbons (Fsp3) is 0.333. The third-order valence-electron chi connectivity index (χ3n) is 3.48. The molecule has 0 spiro atoms. The van der Waals surface area contributed by atoms with Crippen molar-refractivity contribution in [3.63, 3.8) is 0 Å². The largest absolute Gasteiger partial charge is 0.396 e. The van der Waals surface area contributed by atoms with Gasteiger partial charge in [0.1, 0.15) is 5.82 Å². The quantitative estimate of drug-likeness (QED) is 0.741. The van der Waals surface area contributed by atoms with Gasteiger partial charge in [0.15, 0.2) is 0 Å². The normalized spacial score (nSPS) is 13.2. The Hall–Kier alpha value is -0.990. The molecule has 0 aliphatic carbocycles. The molecule has 0 saturated heterocycles. The Balaban J connectivity index is 1.99. The van der Waals surface area contributed by atoms with Gasteiger partial charge in [0, 0.05) is 13.2 Å². The van der Waals surface area contributed by atoms with Crippen molar-refractivity contribution in [2.24, 2.45) is 0 Å². The smallest absolute Gasteiger partial charge is 0.240 e. The summed E-state index contributed by atoms with van der Waals surface area (Å²) >= 11 is 7.18. The highest BCUT2D eigenvalue weighted by molar-refractivity contribution is 7.89. The molecule has 1 atom stereocenters. The van der Waals surface area contributed by atoms with Gasteiger partial charge in [0.2, 0.25) is 10.0 Å². The van der Waals surface area contributed by atoms with Crippen LogP contribution in [-0.4, -0.2) is 26.7 Å². The lowest BCUT2D eigenvalue weighted by molar-refractivity contribution is 0.273. The molecule has 1 aromatic heterocycles. The number of sulfonamides is 1. The number of benzene rings is 1. The third kappa shape index (κ3) is 4.99. The van der Waals surface area contributed by atoms with E-state index in [1.807, 2.05) is 16.8 Å². The van der Waals surface area contributed by atoms with Crippen LogP contribution in [0.3, 0.4) is 0 Å². The molecule has 0 saturated carbocycles. The summed E-state index contributed by atoms with van der Waals surface area (Å²) in [4.78, 5) is -0.0712. The van der Waals surface area contributed by atoms with E-state index in [2.05, 4.69) is 4.72 Å². The molecule has 2 rings (SSSR count). The molecule has 0 amide bonds. The van der Waals surface area contributed by atoms with E-state index in [9.17, 15) is 12.8 Å². The monoisotopic (exact) mass is 377 g/mol. The number of rotatable bonds is 8. The van der Waals surface area contributed by atoms with Crippen molar-refractivity contribution in [1.29, 1.82) is 0 Å². The summed E-state index contributed by atoms with van der Waals surface area (Å²) in [6, 6.07) is 5.26. The van der Waals surface area contributed by atoms with Crippen molar-refractivity contribution in [3.05, 3.63) is 51.4 Å². The van der Waals surface area contributed by atoms with Gasteiger partial charge in [-0.1, -0.05) is 11.6 Å². The van der Waals surface area contributed by atoms with Gasteiger partial charge in [-0.25, -0.2) is 17.5 Å². The molecule has 1 heterocycles. The van der Waals surface area contributed by atoms with Crippen molar-refractivity contribution in [3.8, 4) is 0 Å². The first kappa shape index (κ1) is 18.4. The lowest BCUT2D eigenvalue weighted by Gasteiger charge is -2.15. The molecule has 2 aromatic rings. The first-order valence-corrected chi connectivity index (χ1v) is 9.82. The standard InChI is InChI=1S/C15H17ClFNO3S2/c16-14-9-13(1-2-15(14)17)23(20,21)18-6-3-11(4-7-19)12-5-8-22-10-12/h1-2,5,8-11,18-19H,3-4,6-7H2. The third-order valence-corrected chi connectivity index (χ3v) is 5.93. The predicted octanol–water partition coefficient (Wildman–Crippen LogP) is 3.38. The van der Waals surface area contributed by atoms with E-state index in [-0.39, 0.29) is 29.0 Å². The van der Waals surface area contributed by atoms with Crippen molar-refractivity contribution in [2.75, 3.05) is 13.2 Å². The van der Waals surface area contributed by atoms with Crippen LogP contribution in [-0.2, 0) is 10.0 Å². The molecule has 4 nitrogen and oxygen atoms in total. The number of hydrogen-bond donors (Lipinski definition) is 2. The van der Waals surface area contributed by atoms with Crippen molar-refractivity contribution >= 4 is 33.0 Å². The molecule has 0 aliphatic heterocycles. The first-order chi connectivity index (χ1) is 10.9. The molecule has 8 heteroatoms. The fourth-order valence-electron chi connectivity index (χ4n) is 2.24. The molecule has 0 fully saturated rings. The summed E-state index contributed by atoms with van der Waals surface area (Å²) < 4.78 is 40.0. The fourth-order valence-corrected chi connectivity index (χ4v) is 4.30. The first-order valence-electron chi connectivity index (χ1n) is 7.01. The van der Waals surface area contributed by atoms with E-state index in [0.717, 1.165) is 17.7 Å². The Morgan fingerprint density at radius 1 is 1.30 bits per heavy atom. The zero-order valence-electron chi connectivity index (χ0n) is 12.2. The Kier molecular flexibility index (Phi) is 6.55. The molecular formula is C15H17ClFNO3S2. The van der Waals surface area contributed by atoms with E-state index in [1.54, 1.807) is 11.3 Å². The molecule has 0 bridgehead atoms. The van der Waals surface area contributed by atoms with Gasteiger partial charge < -0.3 is 5.11 Å². The topological polar surface area (TPSA) is 66.4 Å². The van der Waals surface area contributed by atoms with E-state index in [0.29, 0.717) is 12.8 Å². The molecular weight excluding hydrogens is 361 g/mol. The predicted molar refractivity (Wildman–Crippen MR) is 90.0 cm³/mol. The van der Waals surface area contributed by atoms with Gasteiger partial charge in [-0.3, -0.25) is 0 Å². The lowest BCUT2D eigenvalue weighted by atomic mass is 9.95. The second kappa shape index (κ2) is 8.21. The molecule has 2 N–H and O–H groups in total. The molecule has 23 heavy (non-hydrogen) atoms. The Morgan fingerprint density at radius 3 is 2.70 bits per heavy atom. The van der Waals surface area contributed by atoms with Crippen LogP contribution in [0.5, 0.6) is 0 Å². The van der Waals surface area contributed by atoms with E-state index < -0.39 is 15.8 Å². The van der Waals surface area contributed by atoms with Crippen LogP contribution >= 0.6 is 22.9 Å². The van der Waals surface area contributed by atoms with Crippen LogP contribution in [0.2, 0.25) is 5.02 Å².